The van der Waals surface area contributed by atoms with Gasteiger partial charge in [-0.3, -0.25) is 0 Å². The summed E-state index contributed by atoms with van der Waals surface area (Å²) >= 11 is 11.8. The maximum atomic E-state index is 8.50. The summed E-state index contributed by atoms with van der Waals surface area (Å²) < 4.78 is 5.14. The van der Waals surface area contributed by atoms with Crippen molar-refractivity contribution in [1.82, 2.24) is 5.32 Å². The van der Waals surface area contributed by atoms with Crippen LogP contribution in [0.15, 0.2) is 18.2 Å². The first-order valence-corrected chi connectivity index (χ1v) is 6.32. The number of hydrogen-bond acceptors (Lipinski definition) is 3. The smallest absolute Gasteiger partial charge is 0.0697 e. The van der Waals surface area contributed by atoms with Gasteiger partial charge in [-0.05, 0) is 36.7 Å². The molecule has 1 rings (SSSR count). The minimum absolute atomic E-state index is 0.0778. The Hall–Kier alpha value is -0.320. The maximum absolute atomic E-state index is 8.50. The number of hydrogen-bond donors (Lipinski definition) is 2. The van der Waals surface area contributed by atoms with Gasteiger partial charge in [-0.25, -0.2) is 0 Å². The molecule has 0 spiro atoms. The monoisotopic (exact) mass is 277 g/mol. The summed E-state index contributed by atoms with van der Waals surface area (Å²) in [6, 6.07) is 5.50. The van der Waals surface area contributed by atoms with Gasteiger partial charge in [0.05, 0.1) is 13.2 Å². The molecule has 0 saturated carbocycles. The Bertz CT molecular complexity index is 314. The van der Waals surface area contributed by atoms with Gasteiger partial charge in [0.2, 0.25) is 0 Å². The predicted molar refractivity (Wildman–Crippen MR) is 70.7 cm³/mol. The topological polar surface area (TPSA) is 41.5 Å². The Labute approximate surface area is 112 Å². The fourth-order valence-corrected chi connectivity index (χ4v) is 1.98. The average Bonchev–Trinajstić information content (AvgIpc) is 2.26. The van der Waals surface area contributed by atoms with E-state index < -0.39 is 0 Å². The number of benzene rings is 1. The lowest BCUT2D eigenvalue weighted by molar-refractivity contribution is 0.0907. The van der Waals surface area contributed by atoms with E-state index in [0.29, 0.717) is 23.3 Å². The lowest BCUT2D eigenvalue weighted by Gasteiger charge is -2.06. The molecule has 0 radical (unpaired) electrons. The first-order valence-electron chi connectivity index (χ1n) is 5.56. The van der Waals surface area contributed by atoms with Crippen molar-refractivity contribution >= 4 is 23.2 Å². The van der Waals surface area contributed by atoms with Crippen LogP contribution in [0.1, 0.15) is 12.0 Å². The Kier molecular flexibility index (Phi) is 7.56. The first kappa shape index (κ1) is 14.7. The molecule has 0 bridgehead atoms. The first-order chi connectivity index (χ1) is 8.22. The van der Waals surface area contributed by atoms with Crippen molar-refractivity contribution in [3.05, 3.63) is 33.8 Å². The van der Waals surface area contributed by atoms with Gasteiger partial charge in [0.1, 0.15) is 0 Å². The SMILES string of the molecule is OCCOCCCNCc1cc(Cl)cc(Cl)c1. The highest BCUT2D eigenvalue weighted by Crippen LogP contribution is 2.18. The summed E-state index contributed by atoms with van der Waals surface area (Å²) in [5.41, 5.74) is 1.07. The normalized spacial score (nSPS) is 10.8. The van der Waals surface area contributed by atoms with Crippen molar-refractivity contribution in [2.24, 2.45) is 0 Å². The zero-order valence-electron chi connectivity index (χ0n) is 9.59. The third kappa shape index (κ3) is 6.86. The number of aliphatic hydroxyl groups excluding tert-OH is 1. The molecule has 0 aliphatic rings. The number of ether oxygens (including phenoxy) is 1. The third-order valence-electron chi connectivity index (χ3n) is 2.13. The highest BCUT2D eigenvalue weighted by Gasteiger charge is 1.98. The maximum Gasteiger partial charge on any atom is 0.0697 e. The van der Waals surface area contributed by atoms with Crippen LogP contribution in [0.25, 0.3) is 0 Å². The largest absolute Gasteiger partial charge is 0.394 e. The molecule has 96 valence electrons. The number of nitrogens with one attached hydrogen (secondary N) is 1. The number of aliphatic hydroxyl groups is 1. The molecule has 0 atom stereocenters. The minimum atomic E-state index is 0.0778. The summed E-state index contributed by atoms with van der Waals surface area (Å²) in [5, 5.41) is 13.1. The Balaban J connectivity index is 2.13. The predicted octanol–water partition coefficient (Wildman–Crippen LogP) is 2.48. The lowest BCUT2D eigenvalue weighted by Crippen LogP contribution is -2.16. The molecule has 5 heteroatoms. The van der Waals surface area contributed by atoms with Gasteiger partial charge in [0.15, 0.2) is 0 Å². The molecule has 0 saturated heterocycles. The molecule has 1 aromatic carbocycles. The van der Waals surface area contributed by atoms with Crippen LogP contribution in [0.5, 0.6) is 0 Å². The van der Waals surface area contributed by atoms with E-state index in [1.807, 2.05) is 12.1 Å². The summed E-state index contributed by atoms with van der Waals surface area (Å²) in [6.45, 7) is 2.73. The second-order valence-corrected chi connectivity index (χ2v) is 4.52. The van der Waals surface area contributed by atoms with Crippen LogP contribution >= 0.6 is 23.2 Å². The fraction of sp³-hybridized carbons (Fsp3) is 0.500. The molecule has 0 fully saturated rings. The van der Waals surface area contributed by atoms with E-state index in [0.717, 1.165) is 25.1 Å². The van der Waals surface area contributed by atoms with Crippen molar-refractivity contribution in [1.29, 1.82) is 0 Å². The molecule has 0 heterocycles. The van der Waals surface area contributed by atoms with E-state index in [4.69, 9.17) is 33.0 Å². The molecule has 0 aliphatic heterocycles. The number of rotatable bonds is 8. The van der Waals surface area contributed by atoms with Crippen molar-refractivity contribution in [3.63, 3.8) is 0 Å². The van der Waals surface area contributed by atoms with E-state index in [1.165, 1.54) is 0 Å². The van der Waals surface area contributed by atoms with Gasteiger partial charge in [-0.2, -0.15) is 0 Å². The molecule has 0 aliphatic carbocycles. The Morgan fingerprint density at radius 3 is 2.47 bits per heavy atom. The van der Waals surface area contributed by atoms with Crippen LogP contribution < -0.4 is 5.32 Å². The van der Waals surface area contributed by atoms with Crippen LogP contribution in [-0.2, 0) is 11.3 Å². The highest BCUT2D eigenvalue weighted by atomic mass is 35.5. The van der Waals surface area contributed by atoms with Gasteiger partial charge in [-0.15, -0.1) is 0 Å². The quantitative estimate of drug-likeness (QED) is 0.718. The molecule has 1 aromatic rings. The Morgan fingerprint density at radius 2 is 1.82 bits per heavy atom. The summed E-state index contributed by atoms with van der Waals surface area (Å²) in [6.07, 6.45) is 0.911. The standard InChI is InChI=1S/C12H17Cl2NO2/c13-11-6-10(7-12(14)8-11)9-15-2-1-4-17-5-3-16/h6-8,15-16H,1-5,9H2. The van der Waals surface area contributed by atoms with Crippen LogP contribution in [0.3, 0.4) is 0 Å². The van der Waals surface area contributed by atoms with E-state index in [1.54, 1.807) is 6.07 Å². The second kappa shape index (κ2) is 8.72. The van der Waals surface area contributed by atoms with E-state index in [9.17, 15) is 0 Å². The highest BCUT2D eigenvalue weighted by molar-refractivity contribution is 6.34. The fourth-order valence-electron chi connectivity index (χ4n) is 1.41. The van der Waals surface area contributed by atoms with Gasteiger partial charge in [-0.1, -0.05) is 23.2 Å². The van der Waals surface area contributed by atoms with Crippen molar-refractivity contribution in [2.45, 2.75) is 13.0 Å². The van der Waals surface area contributed by atoms with E-state index in [-0.39, 0.29) is 6.61 Å². The zero-order chi connectivity index (χ0) is 12.5. The number of halogens is 2. The average molecular weight is 278 g/mol. The van der Waals surface area contributed by atoms with Crippen LogP contribution in [-0.4, -0.2) is 31.5 Å². The third-order valence-corrected chi connectivity index (χ3v) is 2.57. The Morgan fingerprint density at radius 1 is 1.12 bits per heavy atom. The summed E-state index contributed by atoms with van der Waals surface area (Å²) in [7, 11) is 0. The zero-order valence-corrected chi connectivity index (χ0v) is 11.1. The van der Waals surface area contributed by atoms with E-state index >= 15 is 0 Å². The molecular weight excluding hydrogens is 261 g/mol. The molecular formula is C12H17Cl2NO2. The molecule has 0 unspecified atom stereocenters. The summed E-state index contributed by atoms with van der Waals surface area (Å²) in [4.78, 5) is 0. The molecule has 3 nitrogen and oxygen atoms in total. The van der Waals surface area contributed by atoms with Gasteiger partial charge < -0.3 is 15.2 Å². The lowest BCUT2D eigenvalue weighted by atomic mass is 10.2. The van der Waals surface area contributed by atoms with Crippen molar-refractivity contribution in [2.75, 3.05) is 26.4 Å². The van der Waals surface area contributed by atoms with Crippen LogP contribution in [0.4, 0.5) is 0 Å². The van der Waals surface area contributed by atoms with E-state index in [2.05, 4.69) is 5.32 Å². The molecule has 0 amide bonds. The van der Waals surface area contributed by atoms with Crippen molar-refractivity contribution in [3.8, 4) is 0 Å². The molecule has 0 aromatic heterocycles. The van der Waals surface area contributed by atoms with Gasteiger partial charge in [0, 0.05) is 23.2 Å². The van der Waals surface area contributed by atoms with Crippen molar-refractivity contribution < 1.29 is 9.84 Å². The van der Waals surface area contributed by atoms with Gasteiger partial charge >= 0.3 is 0 Å². The minimum Gasteiger partial charge on any atom is -0.394 e. The van der Waals surface area contributed by atoms with Gasteiger partial charge in [0.25, 0.3) is 0 Å². The van der Waals surface area contributed by atoms with Crippen LogP contribution in [0.2, 0.25) is 10.0 Å². The molecule has 17 heavy (non-hydrogen) atoms. The second-order valence-electron chi connectivity index (χ2n) is 3.64. The summed E-state index contributed by atoms with van der Waals surface area (Å²) in [5.74, 6) is 0. The molecule has 2 N–H and O–H groups in total. The van der Waals surface area contributed by atoms with Crippen LogP contribution in [0, 0.1) is 0 Å².